The summed E-state index contributed by atoms with van der Waals surface area (Å²) in [5.41, 5.74) is 0.542. The molecule has 0 aromatic heterocycles. The number of ether oxygens (including phenoxy) is 2. The molecule has 116 valence electrons. The molecule has 0 aliphatic heterocycles. The molecule has 1 aromatic carbocycles. The van der Waals surface area contributed by atoms with Gasteiger partial charge >= 0.3 is 5.97 Å². The van der Waals surface area contributed by atoms with Crippen LogP contribution in [0, 0.1) is 0 Å². The standard InChI is InChI=1S/C18H26O3/c1-3-4-5-6-7-8-9-10-15-21-17-13-11-16(12-14-17)18(19)20-2/h7-8,11-14H,3-6,9-10,15H2,1-2H3. The zero-order valence-corrected chi connectivity index (χ0v) is 13.1. The van der Waals surface area contributed by atoms with Crippen molar-refractivity contribution in [3.8, 4) is 5.75 Å². The highest BCUT2D eigenvalue weighted by atomic mass is 16.5. The maximum absolute atomic E-state index is 11.3. The van der Waals surface area contributed by atoms with Crippen molar-refractivity contribution in [2.45, 2.75) is 45.4 Å². The Hall–Kier alpha value is -1.77. The Morgan fingerprint density at radius 2 is 1.71 bits per heavy atom. The first-order valence-corrected chi connectivity index (χ1v) is 7.74. The molecule has 0 spiro atoms. The molecule has 0 saturated heterocycles. The maximum atomic E-state index is 11.3. The summed E-state index contributed by atoms with van der Waals surface area (Å²) < 4.78 is 10.3. The van der Waals surface area contributed by atoms with E-state index in [4.69, 9.17) is 4.74 Å². The molecule has 0 amide bonds. The van der Waals surface area contributed by atoms with Crippen molar-refractivity contribution in [3.05, 3.63) is 42.0 Å². The summed E-state index contributed by atoms with van der Waals surface area (Å²) in [5.74, 6) is 0.462. The van der Waals surface area contributed by atoms with E-state index in [2.05, 4.69) is 23.8 Å². The van der Waals surface area contributed by atoms with E-state index in [0.29, 0.717) is 12.2 Å². The van der Waals surface area contributed by atoms with Crippen molar-refractivity contribution in [2.24, 2.45) is 0 Å². The molecule has 0 bridgehead atoms. The number of esters is 1. The first kappa shape index (κ1) is 17.3. The Kier molecular flexibility index (Phi) is 9.01. The molecule has 21 heavy (non-hydrogen) atoms. The number of carbonyl (C=O) groups is 1. The summed E-state index contributed by atoms with van der Waals surface area (Å²) in [6.07, 6.45) is 11.6. The molecule has 0 unspecified atom stereocenters. The number of hydrogen-bond donors (Lipinski definition) is 0. The van der Waals surface area contributed by atoms with Crippen molar-refractivity contribution in [1.82, 2.24) is 0 Å². The third-order valence-electron chi connectivity index (χ3n) is 3.20. The average Bonchev–Trinajstić information content (AvgIpc) is 2.53. The summed E-state index contributed by atoms with van der Waals surface area (Å²) in [6, 6.07) is 7.03. The molecular formula is C18H26O3. The summed E-state index contributed by atoms with van der Waals surface area (Å²) in [6.45, 7) is 2.91. The molecule has 0 aliphatic carbocycles. The van der Waals surface area contributed by atoms with Gasteiger partial charge in [0.1, 0.15) is 5.75 Å². The Bertz CT molecular complexity index is 421. The zero-order chi connectivity index (χ0) is 15.3. The van der Waals surface area contributed by atoms with Gasteiger partial charge < -0.3 is 9.47 Å². The van der Waals surface area contributed by atoms with E-state index in [-0.39, 0.29) is 5.97 Å². The zero-order valence-electron chi connectivity index (χ0n) is 13.1. The molecule has 1 aromatic rings. The largest absolute Gasteiger partial charge is 0.494 e. The van der Waals surface area contributed by atoms with Crippen LogP contribution in [-0.2, 0) is 4.74 Å². The van der Waals surface area contributed by atoms with E-state index >= 15 is 0 Å². The highest BCUT2D eigenvalue weighted by Crippen LogP contribution is 2.13. The molecule has 1 rings (SSSR count). The number of benzene rings is 1. The first-order chi connectivity index (χ1) is 10.3. The van der Waals surface area contributed by atoms with E-state index in [9.17, 15) is 4.79 Å². The van der Waals surface area contributed by atoms with Gasteiger partial charge in [0.05, 0.1) is 19.3 Å². The lowest BCUT2D eigenvalue weighted by atomic mass is 10.2. The average molecular weight is 290 g/mol. The van der Waals surface area contributed by atoms with Gasteiger partial charge in [0.15, 0.2) is 0 Å². The van der Waals surface area contributed by atoms with Crippen LogP contribution >= 0.6 is 0 Å². The van der Waals surface area contributed by atoms with Crippen LogP contribution in [0.2, 0.25) is 0 Å². The molecule has 0 atom stereocenters. The van der Waals surface area contributed by atoms with E-state index in [1.165, 1.54) is 32.8 Å². The first-order valence-electron chi connectivity index (χ1n) is 7.74. The van der Waals surface area contributed by atoms with Crippen LogP contribution in [-0.4, -0.2) is 19.7 Å². The number of carbonyl (C=O) groups excluding carboxylic acids is 1. The van der Waals surface area contributed by atoms with Gasteiger partial charge in [-0.15, -0.1) is 0 Å². The quantitative estimate of drug-likeness (QED) is 0.354. The van der Waals surface area contributed by atoms with Crippen molar-refractivity contribution >= 4 is 5.97 Å². The van der Waals surface area contributed by atoms with Gasteiger partial charge in [0, 0.05) is 0 Å². The molecule has 3 heteroatoms. The molecule has 0 fully saturated rings. The lowest BCUT2D eigenvalue weighted by molar-refractivity contribution is 0.0600. The van der Waals surface area contributed by atoms with Crippen molar-refractivity contribution in [3.63, 3.8) is 0 Å². The Morgan fingerprint density at radius 1 is 1.05 bits per heavy atom. The highest BCUT2D eigenvalue weighted by molar-refractivity contribution is 5.89. The second-order valence-electron chi connectivity index (χ2n) is 4.97. The van der Waals surface area contributed by atoms with Crippen LogP contribution in [0.3, 0.4) is 0 Å². The van der Waals surface area contributed by atoms with Gasteiger partial charge in [-0.2, -0.15) is 0 Å². The molecule has 0 radical (unpaired) electrons. The summed E-state index contributed by atoms with van der Waals surface area (Å²) in [4.78, 5) is 11.3. The number of unbranched alkanes of at least 4 members (excludes halogenated alkanes) is 4. The van der Waals surface area contributed by atoms with Crippen LogP contribution in [0.15, 0.2) is 36.4 Å². The van der Waals surface area contributed by atoms with Crippen LogP contribution < -0.4 is 4.74 Å². The van der Waals surface area contributed by atoms with Gasteiger partial charge in [-0.3, -0.25) is 0 Å². The smallest absolute Gasteiger partial charge is 0.337 e. The van der Waals surface area contributed by atoms with Crippen molar-refractivity contribution < 1.29 is 14.3 Å². The molecular weight excluding hydrogens is 264 g/mol. The fraction of sp³-hybridized carbons (Fsp3) is 0.500. The monoisotopic (exact) mass is 290 g/mol. The van der Waals surface area contributed by atoms with Crippen LogP contribution in [0.1, 0.15) is 55.8 Å². The Labute approximate surface area is 128 Å². The second-order valence-corrected chi connectivity index (χ2v) is 4.97. The van der Waals surface area contributed by atoms with Gasteiger partial charge in [0.25, 0.3) is 0 Å². The van der Waals surface area contributed by atoms with Crippen molar-refractivity contribution in [1.29, 1.82) is 0 Å². The minimum absolute atomic E-state index is 0.324. The van der Waals surface area contributed by atoms with E-state index in [1.807, 2.05) is 0 Å². The van der Waals surface area contributed by atoms with Crippen molar-refractivity contribution in [2.75, 3.05) is 13.7 Å². The third-order valence-corrected chi connectivity index (χ3v) is 3.20. The van der Waals surface area contributed by atoms with E-state index < -0.39 is 0 Å². The third kappa shape index (κ3) is 7.54. The molecule has 3 nitrogen and oxygen atoms in total. The predicted molar refractivity (Wildman–Crippen MR) is 85.8 cm³/mol. The fourth-order valence-corrected chi connectivity index (χ4v) is 1.94. The van der Waals surface area contributed by atoms with Gasteiger partial charge in [-0.1, -0.05) is 31.9 Å². The topological polar surface area (TPSA) is 35.5 Å². The summed E-state index contributed by atoms with van der Waals surface area (Å²) in [7, 11) is 1.38. The molecule has 0 saturated carbocycles. The van der Waals surface area contributed by atoms with Gasteiger partial charge in [-0.05, 0) is 49.9 Å². The Balaban J connectivity index is 2.14. The minimum Gasteiger partial charge on any atom is -0.494 e. The summed E-state index contributed by atoms with van der Waals surface area (Å²) in [5, 5.41) is 0. The lowest BCUT2D eigenvalue weighted by Gasteiger charge is -2.05. The van der Waals surface area contributed by atoms with Gasteiger partial charge in [0.2, 0.25) is 0 Å². The SMILES string of the molecule is CCCCCC=CCCCOc1ccc(C(=O)OC)cc1. The normalized spacial score (nSPS) is 10.8. The lowest BCUT2D eigenvalue weighted by Crippen LogP contribution is -2.01. The molecule has 0 aliphatic rings. The predicted octanol–water partition coefficient (Wildman–Crippen LogP) is 4.77. The number of rotatable bonds is 10. The highest BCUT2D eigenvalue weighted by Gasteiger charge is 2.04. The van der Waals surface area contributed by atoms with E-state index in [1.54, 1.807) is 24.3 Å². The number of methoxy groups -OCH3 is 1. The maximum Gasteiger partial charge on any atom is 0.337 e. The van der Waals surface area contributed by atoms with E-state index in [0.717, 1.165) is 18.6 Å². The van der Waals surface area contributed by atoms with Crippen LogP contribution in [0.25, 0.3) is 0 Å². The minimum atomic E-state index is -0.324. The van der Waals surface area contributed by atoms with Crippen LogP contribution in [0.4, 0.5) is 0 Å². The number of hydrogen-bond acceptors (Lipinski definition) is 3. The number of allylic oxidation sites excluding steroid dienone is 2. The van der Waals surface area contributed by atoms with Gasteiger partial charge in [-0.25, -0.2) is 4.79 Å². The fourth-order valence-electron chi connectivity index (χ4n) is 1.94. The summed E-state index contributed by atoms with van der Waals surface area (Å²) >= 11 is 0. The Morgan fingerprint density at radius 3 is 2.33 bits per heavy atom. The molecule has 0 N–H and O–H groups in total. The van der Waals surface area contributed by atoms with Crippen LogP contribution in [0.5, 0.6) is 5.75 Å². The molecule has 0 heterocycles. The second kappa shape index (κ2) is 11.0.